The van der Waals surface area contributed by atoms with E-state index in [1.807, 2.05) is 9.80 Å². The van der Waals surface area contributed by atoms with Gasteiger partial charge < -0.3 is 19.3 Å². The Labute approximate surface area is 150 Å². The van der Waals surface area contributed by atoms with Crippen LogP contribution in [0.25, 0.3) is 0 Å². The van der Waals surface area contributed by atoms with E-state index in [2.05, 4.69) is 21.4 Å². The van der Waals surface area contributed by atoms with Crippen molar-refractivity contribution in [2.75, 3.05) is 38.3 Å². The van der Waals surface area contributed by atoms with Gasteiger partial charge in [0, 0.05) is 24.5 Å². The molecular formula is C17H20N4O3S. The number of anilines is 1. The normalized spacial score (nSPS) is 20.3. The predicted octanol–water partition coefficient (Wildman–Crippen LogP) is 1.34. The molecule has 4 rings (SSSR count). The first-order chi connectivity index (χ1) is 12.2. The van der Waals surface area contributed by atoms with Crippen LogP contribution in [0, 0.1) is 0 Å². The third-order valence-electron chi connectivity index (χ3n) is 4.59. The molecule has 1 atom stereocenters. The number of carbonyl (C=O) groups is 1. The van der Waals surface area contributed by atoms with E-state index in [9.17, 15) is 4.79 Å². The molecular weight excluding hydrogens is 340 g/mol. The Hall–Kier alpha value is -2.19. The van der Waals surface area contributed by atoms with E-state index >= 15 is 0 Å². The number of morpholine rings is 1. The van der Waals surface area contributed by atoms with Crippen LogP contribution < -0.4 is 9.64 Å². The second kappa shape index (κ2) is 6.97. The Morgan fingerprint density at radius 1 is 1.36 bits per heavy atom. The number of hydrogen-bond donors (Lipinski definition) is 0. The van der Waals surface area contributed by atoms with Crippen LogP contribution in [0.15, 0.2) is 23.8 Å². The number of nitrogens with zero attached hydrogens (tertiary/aromatic N) is 4. The fourth-order valence-corrected chi connectivity index (χ4v) is 4.09. The number of thiophene rings is 1. The molecule has 0 aromatic carbocycles. The van der Waals surface area contributed by atoms with E-state index in [-0.39, 0.29) is 5.91 Å². The van der Waals surface area contributed by atoms with Gasteiger partial charge in [0.15, 0.2) is 11.9 Å². The predicted molar refractivity (Wildman–Crippen MR) is 94.0 cm³/mol. The van der Waals surface area contributed by atoms with Crippen LogP contribution in [0.2, 0.25) is 0 Å². The van der Waals surface area contributed by atoms with Gasteiger partial charge in [0.05, 0.1) is 32.7 Å². The van der Waals surface area contributed by atoms with Crippen molar-refractivity contribution in [3.05, 3.63) is 34.3 Å². The third kappa shape index (κ3) is 3.32. The number of carbonyl (C=O) groups excluding carboxylic acids is 1. The number of hydrogen-bond acceptors (Lipinski definition) is 7. The number of aromatic nitrogens is 2. The van der Waals surface area contributed by atoms with Gasteiger partial charge in [-0.05, 0) is 23.4 Å². The highest BCUT2D eigenvalue weighted by Crippen LogP contribution is 2.25. The first kappa shape index (κ1) is 16.3. The van der Waals surface area contributed by atoms with Crippen LogP contribution in [-0.2, 0) is 22.5 Å². The highest BCUT2D eigenvalue weighted by atomic mass is 32.1. The van der Waals surface area contributed by atoms with Crippen LogP contribution in [0.1, 0.15) is 10.4 Å². The molecule has 0 aliphatic carbocycles. The van der Waals surface area contributed by atoms with Crippen molar-refractivity contribution >= 4 is 23.2 Å². The van der Waals surface area contributed by atoms with Crippen LogP contribution in [0.5, 0.6) is 5.75 Å². The molecule has 132 valence electrons. The molecule has 0 bridgehead atoms. The Kier molecular flexibility index (Phi) is 4.54. The summed E-state index contributed by atoms with van der Waals surface area (Å²) in [6.07, 6.45) is 3.73. The van der Waals surface area contributed by atoms with Gasteiger partial charge in [-0.3, -0.25) is 4.79 Å². The van der Waals surface area contributed by atoms with E-state index in [0.717, 1.165) is 13.0 Å². The second-order valence-corrected chi connectivity index (χ2v) is 7.11. The average molecular weight is 360 g/mol. The lowest BCUT2D eigenvalue weighted by molar-refractivity contribution is -0.145. The standard InChI is InChI=1S/C17H20N4O3S/c1-23-13-8-18-17(19-9-13)21-5-6-24-14(11-21)16(22)20-4-2-15-12(10-20)3-7-25-15/h3,7-9,14H,2,4-6,10-11H2,1H3. The minimum Gasteiger partial charge on any atom is -0.494 e. The topological polar surface area (TPSA) is 67.8 Å². The molecule has 0 spiro atoms. The van der Waals surface area contributed by atoms with Crippen molar-refractivity contribution in [1.29, 1.82) is 0 Å². The summed E-state index contributed by atoms with van der Waals surface area (Å²) >= 11 is 1.77. The highest BCUT2D eigenvalue weighted by Gasteiger charge is 2.32. The molecule has 1 amide bonds. The Balaban J connectivity index is 1.43. The monoisotopic (exact) mass is 360 g/mol. The number of ether oxygens (including phenoxy) is 2. The van der Waals surface area contributed by atoms with E-state index in [1.165, 1.54) is 10.4 Å². The van der Waals surface area contributed by atoms with Crippen molar-refractivity contribution in [2.24, 2.45) is 0 Å². The molecule has 2 aromatic heterocycles. The number of fused-ring (bicyclic) bond motifs is 1. The molecule has 8 heteroatoms. The summed E-state index contributed by atoms with van der Waals surface area (Å²) < 4.78 is 10.8. The number of methoxy groups -OCH3 is 1. The summed E-state index contributed by atoms with van der Waals surface area (Å²) in [5.74, 6) is 1.26. The van der Waals surface area contributed by atoms with Gasteiger partial charge in [-0.1, -0.05) is 0 Å². The maximum Gasteiger partial charge on any atom is 0.253 e. The van der Waals surface area contributed by atoms with Crippen molar-refractivity contribution in [1.82, 2.24) is 14.9 Å². The van der Waals surface area contributed by atoms with Crippen LogP contribution in [-0.4, -0.2) is 60.2 Å². The zero-order chi connectivity index (χ0) is 17.2. The van der Waals surface area contributed by atoms with Gasteiger partial charge in [0.1, 0.15) is 0 Å². The largest absolute Gasteiger partial charge is 0.494 e. The van der Waals surface area contributed by atoms with Gasteiger partial charge in [0.2, 0.25) is 5.95 Å². The molecule has 0 saturated carbocycles. The van der Waals surface area contributed by atoms with Gasteiger partial charge in [0.25, 0.3) is 5.91 Å². The smallest absolute Gasteiger partial charge is 0.253 e. The summed E-state index contributed by atoms with van der Waals surface area (Å²) in [6, 6.07) is 2.11. The SMILES string of the molecule is COc1cnc(N2CCOC(C(=O)N3CCc4sccc4C3)C2)nc1. The molecule has 2 aromatic rings. The Morgan fingerprint density at radius 3 is 3.00 bits per heavy atom. The highest BCUT2D eigenvalue weighted by molar-refractivity contribution is 7.10. The molecule has 1 saturated heterocycles. The lowest BCUT2D eigenvalue weighted by Gasteiger charge is -2.36. The summed E-state index contributed by atoms with van der Waals surface area (Å²) in [4.78, 5) is 26.8. The lowest BCUT2D eigenvalue weighted by atomic mass is 10.1. The fraction of sp³-hybridized carbons (Fsp3) is 0.471. The molecule has 4 heterocycles. The average Bonchev–Trinajstić information content (AvgIpc) is 3.15. The van der Waals surface area contributed by atoms with E-state index in [4.69, 9.17) is 9.47 Å². The molecule has 0 radical (unpaired) electrons. The van der Waals surface area contributed by atoms with Crippen molar-refractivity contribution in [3.63, 3.8) is 0 Å². The summed E-state index contributed by atoms with van der Waals surface area (Å²) in [7, 11) is 1.58. The number of rotatable bonds is 3. The van der Waals surface area contributed by atoms with Crippen molar-refractivity contribution in [3.8, 4) is 5.75 Å². The molecule has 7 nitrogen and oxygen atoms in total. The van der Waals surface area contributed by atoms with E-state index < -0.39 is 6.10 Å². The molecule has 1 fully saturated rings. The first-order valence-electron chi connectivity index (χ1n) is 8.31. The molecule has 0 N–H and O–H groups in total. The third-order valence-corrected chi connectivity index (χ3v) is 5.62. The molecule has 2 aliphatic rings. The van der Waals surface area contributed by atoms with Crippen LogP contribution in [0.3, 0.4) is 0 Å². The van der Waals surface area contributed by atoms with Crippen molar-refractivity contribution in [2.45, 2.75) is 19.1 Å². The lowest BCUT2D eigenvalue weighted by Crippen LogP contribution is -2.52. The summed E-state index contributed by atoms with van der Waals surface area (Å²) in [5.41, 5.74) is 1.26. The minimum atomic E-state index is -0.473. The van der Waals surface area contributed by atoms with Gasteiger partial charge in [-0.25, -0.2) is 9.97 Å². The Morgan fingerprint density at radius 2 is 2.20 bits per heavy atom. The quantitative estimate of drug-likeness (QED) is 0.823. The first-order valence-corrected chi connectivity index (χ1v) is 9.19. The van der Waals surface area contributed by atoms with Gasteiger partial charge in [-0.2, -0.15) is 0 Å². The fourth-order valence-electron chi connectivity index (χ4n) is 3.20. The Bertz CT molecular complexity index is 749. The van der Waals surface area contributed by atoms with E-state index in [0.29, 0.717) is 37.9 Å². The van der Waals surface area contributed by atoms with Crippen molar-refractivity contribution < 1.29 is 14.3 Å². The zero-order valence-electron chi connectivity index (χ0n) is 14.1. The summed E-state index contributed by atoms with van der Waals surface area (Å²) in [5, 5.41) is 2.10. The van der Waals surface area contributed by atoms with Gasteiger partial charge in [-0.15, -0.1) is 11.3 Å². The summed E-state index contributed by atoms with van der Waals surface area (Å²) in [6.45, 7) is 3.06. The van der Waals surface area contributed by atoms with Crippen LogP contribution >= 0.6 is 11.3 Å². The maximum absolute atomic E-state index is 12.9. The zero-order valence-corrected chi connectivity index (χ0v) is 14.9. The molecule has 2 aliphatic heterocycles. The maximum atomic E-state index is 12.9. The van der Waals surface area contributed by atoms with Crippen LogP contribution in [0.4, 0.5) is 5.95 Å². The van der Waals surface area contributed by atoms with Gasteiger partial charge >= 0.3 is 0 Å². The number of amides is 1. The van der Waals surface area contributed by atoms with E-state index in [1.54, 1.807) is 30.8 Å². The second-order valence-electron chi connectivity index (χ2n) is 6.11. The molecule has 1 unspecified atom stereocenters. The minimum absolute atomic E-state index is 0.0510. The molecule has 25 heavy (non-hydrogen) atoms.